The summed E-state index contributed by atoms with van der Waals surface area (Å²) in [6.07, 6.45) is 3.47. The number of hydrogen-bond acceptors (Lipinski definition) is 3. The van der Waals surface area contributed by atoms with Crippen molar-refractivity contribution in [3.05, 3.63) is 48.3 Å². The highest BCUT2D eigenvalue weighted by atomic mass is 127. The number of carbonyl (C=O) groups is 1. The lowest BCUT2D eigenvalue weighted by Crippen LogP contribution is -2.16. The van der Waals surface area contributed by atoms with Crippen molar-refractivity contribution in [2.45, 2.75) is 3.92 Å². The fraction of sp³-hybridized carbons (Fsp3) is 0.0714. The smallest absolute Gasteiger partial charge is 0.234 e. The highest BCUT2D eigenvalue weighted by Crippen LogP contribution is 2.33. The van der Waals surface area contributed by atoms with Gasteiger partial charge in [-0.2, -0.15) is 0 Å². The number of alkyl halides is 1. The van der Waals surface area contributed by atoms with Crippen LogP contribution in [-0.4, -0.2) is 15.9 Å². The first-order chi connectivity index (χ1) is 9.18. The van der Waals surface area contributed by atoms with E-state index in [0.29, 0.717) is 0 Å². The Bertz CT molecular complexity index is 788. The first-order valence-corrected chi connectivity index (χ1v) is 6.99. The Morgan fingerprint density at radius 3 is 2.58 bits per heavy atom. The lowest BCUT2D eigenvalue weighted by Gasteiger charge is -2.11. The van der Waals surface area contributed by atoms with Crippen molar-refractivity contribution >= 4 is 50.3 Å². The van der Waals surface area contributed by atoms with Crippen molar-refractivity contribution in [3.8, 4) is 0 Å². The average Bonchev–Trinajstić information content (AvgIpc) is 2.45. The summed E-state index contributed by atoms with van der Waals surface area (Å²) in [6.45, 7) is 0. The Morgan fingerprint density at radius 2 is 1.84 bits per heavy atom. The molecule has 0 aliphatic heterocycles. The number of halogens is 1. The van der Waals surface area contributed by atoms with Crippen molar-refractivity contribution in [1.82, 2.24) is 9.97 Å². The third-order valence-corrected chi connectivity index (χ3v) is 4.30. The first kappa shape index (κ1) is 12.3. The molecule has 1 unspecified atom stereocenters. The fourth-order valence-electron chi connectivity index (χ4n) is 2.17. The minimum atomic E-state index is -0.381. The Labute approximate surface area is 123 Å². The average molecular weight is 363 g/mol. The predicted octanol–water partition coefficient (Wildman–Crippen LogP) is 2.74. The van der Waals surface area contributed by atoms with Gasteiger partial charge in [0.1, 0.15) is 3.92 Å². The molecule has 0 aliphatic carbocycles. The number of nitrogens with two attached hydrogens (primary N) is 1. The number of aromatic nitrogens is 2. The Kier molecular flexibility index (Phi) is 3.06. The first-order valence-electron chi connectivity index (χ1n) is 5.74. The Hall–Kier alpha value is -1.76. The standard InChI is InChI=1S/C14H10IN3O/c15-11(14(16)19)10-7-8-3-1-5-17-12(8)13-9(10)4-2-6-18-13/h1-7,11H,(H2,16,19). The molecule has 1 aromatic carbocycles. The molecule has 3 aromatic rings. The lowest BCUT2D eigenvalue weighted by atomic mass is 10.0. The largest absolute Gasteiger partial charge is 0.368 e. The summed E-state index contributed by atoms with van der Waals surface area (Å²) in [5.41, 5.74) is 7.95. The number of rotatable bonds is 2. The van der Waals surface area contributed by atoms with Gasteiger partial charge in [0.25, 0.3) is 0 Å². The van der Waals surface area contributed by atoms with Gasteiger partial charge in [-0.1, -0.05) is 34.7 Å². The van der Waals surface area contributed by atoms with Crippen molar-refractivity contribution in [2.24, 2.45) is 5.73 Å². The van der Waals surface area contributed by atoms with E-state index in [1.54, 1.807) is 12.4 Å². The number of hydrogen-bond donors (Lipinski definition) is 1. The molecule has 0 radical (unpaired) electrons. The molecule has 1 atom stereocenters. The lowest BCUT2D eigenvalue weighted by molar-refractivity contribution is -0.117. The van der Waals surface area contributed by atoms with Crippen LogP contribution in [0.1, 0.15) is 9.49 Å². The van der Waals surface area contributed by atoms with Crippen molar-refractivity contribution in [3.63, 3.8) is 0 Å². The van der Waals surface area contributed by atoms with Crippen LogP contribution in [0.15, 0.2) is 42.7 Å². The second kappa shape index (κ2) is 4.73. The van der Waals surface area contributed by atoms with Gasteiger partial charge < -0.3 is 5.73 Å². The molecule has 3 rings (SSSR count). The number of nitrogens with zero attached hydrogens (tertiary/aromatic N) is 2. The minimum absolute atomic E-state index is 0.353. The van der Waals surface area contributed by atoms with Crippen LogP contribution in [0.2, 0.25) is 0 Å². The van der Waals surface area contributed by atoms with Crippen LogP contribution in [0, 0.1) is 0 Å². The molecular formula is C14H10IN3O. The van der Waals surface area contributed by atoms with Crippen molar-refractivity contribution in [2.75, 3.05) is 0 Å². The van der Waals surface area contributed by atoms with Gasteiger partial charge in [-0.25, -0.2) is 0 Å². The van der Waals surface area contributed by atoms with Crippen LogP contribution in [0.4, 0.5) is 0 Å². The summed E-state index contributed by atoms with van der Waals surface area (Å²) in [5.74, 6) is -0.353. The van der Waals surface area contributed by atoms with Crippen molar-refractivity contribution in [1.29, 1.82) is 0 Å². The van der Waals surface area contributed by atoms with Gasteiger partial charge in [-0.15, -0.1) is 0 Å². The molecule has 5 heteroatoms. The van der Waals surface area contributed by atoms with Gasteiger partial charge >= 0.3 is 0 Å². The summed E-state index contributed by atoms with van der Waals surface area (Å²) >= 11 is 2.06. The predicted molar refractivity (Wildman–Crippen MR) is 83.0 cm³/mol. The van der Waals surface area contributed by atoms with Gasteiger partial charge in [-0.05, 0) is 23.8 Å². The molecule has 0 saturated carbocycles. The van der Waals surface area contributed by atoms with Crippen LogP contribution in [-0.2, 0) is 4.79 Å². The van der Waals surface area contributed by atoms with Gasteiger partial charge in [0.2, 0.25) is 5.91 Å². The van der Waals surface area contributed by atoms with E-state index in [1.807, 2.05) is 30.3 Å². The molecule has 0 spiro atoms. The molecule has 2 N–H and O–H groups in total. The molecule has 0 fully saturated rings. The topological polar surface area (TPSA) is 68.9 Å². The van der Waals surface area contributed by atoms with Crippen LogP contribution in [0.3, 0.4) is 0 Å². The fourth-order valence-corrected chi connectivity index (χ4v) is 2.68. The van der Waals surface area contributed by atoms with E-state index in [1.165, 1.54) is 0 Å². The molecule has 19 heavy (non-hydrogen) atoms. The van der Waals surface area contributed by atoms with Crippen molar-refractivity contribution < 1.29 is 4.79 Å². The zero-order valence-electron chi connectivity index (χ0n) is 9.88. The maximum absolute atomic E-state index is 11.5. The van der Waals surface area contributed by atoms with E-state index in [9.17, 15) is 4.79 Å². The monoisotopic (exact) mass is 363 g/mol. The quantitative estimate of drug-likeness (QED) is 0.433. The van der Waals surface area contributed by atoms with Gasteiger partial charge in [0.15, 0.2) is 0 Å². The molecule has 94 valence electrons. The summed E-state index contributed by atoms with van der Waals surface area (Å²) < 4.78 is -0.381. The molecule has 0 saturated heterocycles. The number of carbonyl (C=O) groups excluding carboxylic acids is 1. The molecule has 2 aromatic heterocycles. The number of amides is 1. The van der Waals surface area contributed by atoms with E-state index in [0.717, 1.165) is 27.4 Å². The van der Waals surface area contributed by atoms with Crippen LogP contribution < -0.4 is 5.73 Å². The number of fused-ring (bicyclic) bond motifs is 3. The molecule has 1 amide bonds. The number of primary amides is 1. The maximum atomic E-state index is 11.5. The third-order valence-electron chi connectivity index (χ3n) is 3.02. The summed E-state index contributed by atoms with van der Waals surface area (Å²) in [6, 6.07) is 9.59. The highest BCUT2D eigenvalue weighted by Gasteiger charge is 2.18. The Balaban J connectivity index is 2.45. The summed E-state index contributed by atoms with van der Waals surface area (Å²) in [7, 11) is 0. The van der Waals surface area contributed by atoms with Crippen LogP contribution >= 0.6 is 22.6 Å². The normalized spacial score (nSPS) is 12.7. The molecule has 0 aliphatic rings. The van der Waals surface area contributed by atoms with E-state index in [2.05, 4.69) is 32.6 Å². The number of pyridine rings is 2. The summed E-state index contributed by atoms with van der Waals surface area (Å²) in [5, 5.41) is 1.89. The molecule has 0 bridgehead atoms. The van der Waals surface area contributed by atoms with Gasteiger partial charge in [0, 0.05) is 23.2 Å². The second-order valence-electron chi connectivity index (χ2n) is 4.21. The zero-order valence-corrected chi connectivity index (χ0v) is 12.0. The van der Waals surface area contributed by atoms with E-state index < -0.39 is 0 Å². The minimum Gasteiger partial charge on any atom is -0.368 e. The van der Waals surface area contributed by atoms with Gasteiger partial charge in [-0.3, -0.25) is 14.8 Å². The SMILES string of the molecule is NC(=O)C(I)c1cc2cccnc2c2ncccc12. The van der Waals surface area contributed by atoms with Crippen LogP contribution in [0.5, 0.6) is 0 Å². The Morgan fingerprint density at radius 1 is 1.16 bits per heavy atom. The van der Waals surface area contributed by atoms with E-state index in [-0.39, 0.29) is 9.83 Å². The third kappa shape index (κ3) is 2.03. The number of benzene rings is 1. The molecule has 2 heterocycles. The van der Waals surface area contributed by atoms with Gasteiger partial charge in [0.05, 0.1) is 11.0 Å². The summed E-state index contributed by atoms with van der Waals surface area (Å²) in [4.78, 5) is 20.2. The van der Waals surface area contributed by atoms with Crippen LogP contribution in [0.25, 0.3) is 21.8 Å². The second-order valence-corrected chi connectivity index (χ2v) is 5.45. The maximum Gasteiger partial charge on any atom is 0.234 e. The highest BCUT2D eigenvalue weighted by molar-refractivity contribution is 14.1. The van der Waals surface area contributed by atoms with E-state index in [4.69, 9.17) is 5.73 Å². The molecule has 4 nitrogen and oxygen atoms in total. The zero-order chi connectivity index (χ0) is 13.4. The van der Waals surface area contributed by atoms with E-state index >= 15 is 0 Å². The molecular weight excluding hydrogens is 353 g/mol.